The van der Waals surface area contributed by atoms with Gasteiger partial charge in [0.05, 0.1) is 5.75 Å². The van der Waals surface area contributed by atoms with Crippen molar-refractivity contribution in [3.05, 3.63) is 17.5 Å². The molecule has 1 rings (SSSR count). The number of rotatable bonds is 7. The summed E-state index contributed by atoms with van der Waals surface area (Å²) in [6, 6.07) is 1.93. The fourth-order valence-corrected chi connectivity index (χ4v) is 2.46. The number of nitrogens with zero attached hydrogens (tertiary/aromatic N) is 2. The molecular weight excluding hydrogens is 258 g/mol. The number of aromatic nitrogens is 2. The first kappa shape index (κ1) is 16.0. The Morgan fingerprint density at radius 1 is 1.32 bits per heavy atom. The molecule has 0 aliphatic heterocycles. The van der Waals surface area contributed by atoms with E-state index < -0.39 is 0 Å². The van der Waals surface area contributed by atoms with E-state index in [0.717, 1.165) is 30.8 Å². The van der Waals surface area contributed by atoms with Crippen LogP contribution in [0.2, 0.25) is 0 Å². The molecule has 4 nitrogen and oxygen atoms in total. The van der Waals surface area contributed by atoms with Crippen molar-refractivity contribution in [3.8, 4) is 0 Å². The first-order chi connectivity index (χ1) is 8.97. The van der Waals surface area contributed by atoms with E-state index in [-0.39, 0.29) is 5.91 Å². The van der Waals surface area contributed by atoms with Crippen molar-refractivity contribution in [1.82, 2.24) is 15.3 Å². The molecule has 0 aliphatic rings. The normalized spacial score (nSPS) is 10.8. The molecule has 1 aromatic rings. The van der Waals surface area contributed by atoms with Crippen LogP contribution < -0.4 is 5.32 Å². The zero-order valence-electron chi connectivity index (χ0n) is 12.2. The minimum Gasteiger partial charge on any atom is -0.355 e. The Bertz CT molecular complexity index is 401. The molecule has 1 aromatic heterocycles. The summed E-state index contributed by atoms with van der Waals surface area (Å²) in [6.45, 7) is 9.00. The van der Waals surface area contributed by atoms with Gasteiger partial charge in [0.1, 0.15) is 0 Å². The number of thioether (sulfide) groups is 1. The second-order valence-electron chi connectivity index (χ2n) is 5.11. The maximum atomic E-state index is 11.6. The summed E-state index contributed by atoms with van der Waals surface area (Å²) >= 11 is 1.39. The molecule has 0 unspecified atom stereocenters. The molecule has 0 bridgehead atoms. The second-order valence-corrected chi connectivity index (χ2v) is 6.05. The van der Waals surface area contributed by atoms with Crippen LogP contribution in [0.1, 0.15) is 38.1 Å². The summed E-state index contributed by atoms with van der Waals surface area (Å²) in [6.07, 6.45) is 2.18. The maximum Gasteiger partial charge on any atom is 0.230 e. The molecule has 0 fully saturated rings. The van der Waals surface area contributed by atoms with E-state index in [1.54, 1.807) is 0 Å². The molecule has 1 N–H and O–H groups in total. The zero-order valence-corrected chi connectivity index (χ0v) is 13.0. The Hall–Kier alpha value is -1.10. The Morgan fingerprint density at radius 2 is 1.95 bits per heavy atom. The largest absolute Gasteiger partial charge is 0.355 e. The molecule has 1 amide bonds. The quantitative estimate of drug-likeness (QED) is 0.474. The summed E-state index contributed by atoms with van der Waals surface area (Å²) in [4.78, 5) is 20.2. The molecule has 0 radical (unpaired) electrons. The SMILES string of the molecule is Cc1cc(C)nc(SCC(=O)NCCCC(C)C)n1. The fourth-order valence-electron chi connectivity index (χ4n) is 1.68. The number of carbonyl (C=O) groups excluding carboxylic acids is 1. The molecule has 5 heteroatoms. The van der Waals surface area contributed by atoms with E-state index in [1.807, 2.05) is 19.9 Å². The van der Waals surface area contributed by atoms with Crippen molar-refractivity contribution in [1.29, 1.82) is 0 Å². The molecule has 0 aromatic carbocycles. The van der Waals surface area contributed by atoms with E-state index in [2.05, 4.69) is 29.1 Å². The van der Waals surface area contributed by atoms with Crippen LogP contribution >= 0.6 is 11.8 Å². The standard InChI is InChI=1S/C14H23N3OS/c1-10(2)6-5-7-15-13(18)9-19-14-16-11(3)8-12(4)17-14/h8,10H,5-7,9H2,1-4H3,(H,15,18). The van der Waals surface area contributed by atoms with Gasteiger partial charge in [-0.2, -0.15) is 0 Å². The van der Waals surface area contributed by atoms with Crippen molar-refractivity contribution in [2.24, 2.45) is 5.92 Å². The first-order valence-corrected chi connectivity index (χ1v) is 7.67. The highest BCUT2D eigenvalue weighted by molar-refractivity contribution is 7.99. The number of hydrogen-bond donors (Lipinski definition) is 1. The lowest BCUT2D eigenvalue weighted by Crippen LogP contribution is -2.26. The Labute approximate surface area is 119 Å². The van der Waals surface area contributed by atoms with Crippen LogP contribution in [-0.4, -0.2) is 28.2 Å². The maximum absolute atomic E-state index is 11.6. The number of amides is 1. The van der Waals surface area contributed by atoms with Gasteiger partial charge < -0.3 is 5.32 Å². The van der Waals surface area contributed by atoms with E-state index in [4.69, 9.17) is 0 Å². The topological polar surface area (TPSA) is 54.9 Å². The summed E-state index contributed by atoms with van der Waals surface area (Å²) < 4.78 is 0. The highest BCUT2D eigenvalue weighted by Crippen LogP contribution is 2.13. The van der Waals surface area contributed by atoms with Gasteiger partial charge in [-0.25, -0.2) is 9.97 Å². The molecule has 0 saturated carbocycles. The zero-order chi connectivity index (χ0) is 14.3. The van der Waals surface area contributed by atoms with Crippen molar-refractivity contribution in [2.45, 2.75) is 45.7 Å². The first-order valence-electron chi connectivity index (χ1n) is 6.69. The molecular formula is C14H23N3OS. The smallest absolute Gasteiger partial charge is 0.230 e. The van der Waals surface area contributed by atoms with Gasteiger partial charge in [-0.3, -0.25) is 4.79 Å². The third kappa shape index (κ3) is 7.15. The predicted octanol–water partition coefficient (Wildman–Crippen LogP) is 2.74. The molecule has 0 aliphatic carbocycles. The number of hydrogen-bond acceptors (Lipinski definition) is 4. The van der Waals surface area contributed by atoms with E-state index in [1.165, 1.54) is 11.8 Å². The van der Waals surface area contributed by atoms with Gasteiger partial charge in [-0.1, -0.05) is 25.6 Å². The lowest BCUT2D eigenvalue weighted by atomic mass is 10.1. The summed E-state index contributed by atoms with van der Waals surface area (Å²) in [7, 11) is 0. The lowest BCUT2D eigenvalue weighted by Gasteiger charge is -2.06. The van der Waals surface area contributed by atoms with Gasteiger partial charge in [0, 0.05) is 17.9 Å². The van der Waals surface area contributed by atoms with Gasteiger partial charge in [0.15, 0.2) is 5.16 Å². The number of nitrogens with one attached hydrogen (secondary N) is 1. The number of carbonyl (C=O) groups is 1. The van der Waals surface area contributed by atoms with E-state index >= 15 is 0 Å². The molecule has 0 atom stereocenters. The monoisotopic (exact) mass is 281 g/mol. The molecule has 19 heavy (non-hydrogen) atoms. The van der Waals surface area contributed by atoms with Crippen LogP contribution in [-0.2, 0) is 4.79 Å². The van der Waals surface area contributed by atoms with Crippen molar-refractivity contribution in [3.63, 3.8) is 0 Å². The van der Waals surface area contributed by atoms with Crippen LogP contribution in [0.3, 0.4) is 0 Å². The van der Waals surface area contributed by atoms with Gasteiger partial charge >= 0.3 is 0 Å². The molecule has 0 saturated heterocycles. The highest BCUT2D eigenvalue weighted by Gasteiger charge is 2.05. The minimum absolute atomic E-state index is 0.0523. The number of aryl methyl sites for hydroxylation is 2. The Morgan fingerprint density at radius 3 is 2.53 bits per heavy atom. The minimum atomic E-state index is 0.0523. The summed E-state index contributed by atoms with van der Waals surface area (Å²) in [5, 5.41) is 3.60. The van der Waals surface area contributed by atoms with Crippen LogP contribution in [0.5, 0.6) is 0 Å². The molecule has 106 valence electrons. The predicted molar refractivity (Wildman–Crippen MR) is 79.3 cm³/mol. The fraction of sp³-hybridized carbons (Fsp3) is 0.643. The summed E-state index contributed by atoms with van der Waals surface area (Å²) in [5.41, 5.74) is 1.87. The Kier molecular flexibility index (Phi) is 6.84. The third-order valence-corrected chi connectivity index (χ3v) is 3.42. The van der Waals surface area contributed by atoms with Gasteiger partial charge in [0.25, 0.3) is 0 Å². The summed E-state index contributed by atoms with van der Waals surface area (Å²) in [5.74, 6) is 1.12. The highest BCUT2D eigenvalue weighted by atomic mass is 32.2. The average Bonchev–Trinajstić information content (AvgIpc) is 2.31. The third-order valence-electron chi connectivity index (χ3n) is 2.57. The van der Waals surface area contributed by atoms with Crippen LogP contribution in [0.25, 0.3) is 0 Å². The van der Waals surface area contributed by atoms with E-state index in [0.29, 0.717) is 16.8 Å². The Balaban J connectivity index is 2.26. The molecule has 1 heterocycles. The molecule has 0 spiro atoms. The van der Waals surface area contributed by atoms with Crippen molar-refractivity contribution >= 4 is 17.7 Å². The van der Waals surface area contributed by atoms with Crippen LogP contribution in [0.15, 0.2) is 11.2 Å². The van der Waals surface area contributed by atoms with Gasteiger partial charge in [0.2, 0.25) is 5.91 Å². The van der Waals surface area contributed by atoms with Crippen molar-refractivity contribution in [2.75, 3.05) is 12.3 Å². The van der Waals surface area contributed by atoms with Crippen molar-refractivity contribution < 1.29 is 4.79 Å². The lowest BCUT2D eigenvalue weighted by molar-refractivity contribution is -0.118. The van der Waals surface area contributed by atoms with Gasteiger partial charge in [-0.05, 0) is 38.7 Å². The average molecular weight is 281 g/mol. The second kappa shape index (κ2) is 8.15. The van der Waals surface area contributed by atoms with Gasteiger partial charge in [-0.15, -0.1) is 0 Å². The van der Waals surface area contributed by atoms with E-state index in [9.17, 15) is 4.79 Å². The van der Waals surface area contributed by atoms with Crippen LogP contribution in [0, 0.1) is 19.8 Å². The van der Waals surface area contributed by atoms with Crippen LogP contribution in [0.4, 0.5) is 0 Å².